The van der Waals surface area contributed by atoms with E-state index in [2.05, 4.69) is 10.3 Å². The van der Waals surface area contributed by atoms with Gasteiger partial charge in [0.1, 0.15) is 0 Å². The molecule has 1 atom stereocenters. The maximum Gasteiger partial charge on any atom is 0.252 e. The largest absolute Gasteiger partial charge is 0.350 e. The first-order chi connectivity index (χ1) is 9.25. The highest BCUT2D eigenvalue weighted by Crippen LogP contribution is 2.31. The highest BCUT2D eigenvalue weighted by Gasteiger charge is 2.28. The zero-order chi connectivity index (χ0) is 13.2. The second-order valence-electron chi connectivity index (χ2n) is 5.09. The minimum atomic E-state index is -0.0744. The molecule has 1 amide bonds. The standard InChI is InChI=1S/C15H17N3O/c16-13(10-5-6-10)9-18-15(19)12-7-8-17-14-4-2-1-3-11(12)14/h1-4,7-8,10,13H,5-6,9,16H2,(H,18,19). The van der Waals surface area contributed by atoms with Crippen molar-refractivity contribution in [2.45, 2.75) is 18.9 Å². The number of aromatic nitrogens is 1. The van der Waals surface area contributed by atoms with E-state index in [4.69, 9.17) is 5.73 Å². The lowest BCUT2D eigenvalue weighted by Crippen LogP contribution is -2.38. The molecule has 4 nitrogen and oxygen atoms in total. The van der Waals surface area contributed by atoms with Crippen LogP contribution >= 0.6 is 0 Å². The molecular formula is C15H17N3O. The second-order valence-corrected chi connectivity index (χ2v) is 5.09. The molecule has 0 radical (unpaired) electrons. The van der Waals surface area contributed by atoms with Crippen LogP contribution in [0, 0.1) is 5.92 Å². The van der Waals surface area contributed by atoms with Gasteiger partial charge in [-0.1, -0.05) is 18.2 Å². The average molecular weight is 255 g/mol. The number of pyridine rings is 1. The molecular weight excluding hydrogens is 238 g/mol. The SMILES string of the molecule is NC(CNC(=O)c1ccnc2ccccc12)C1CC1. The molecule has 1 saturated carbocycles. The quantitative estimate of drug-likeness (QED) is 0.873. The Morgan fingerprint density at radius 2 is 2.16 bits per heavy atom. The number of nitrogens with two attached hydrogens (primary N) is 1. The smallest absolute Gasteiger partial charge is 0.252 e. The number of fused-ring (bicyclic) bond motifs is 1. The zero-order valence-electron chi connectivity index (χ0n) is 10.7. The maximum absolute atomic E-state index is 12.2. The minimum absolute atomic E-state index is 0.0744. The molecule has 3 N–H and O–H groups in total. The Balaban J connectivity index is 1.77. The molecule has 19 heavy (non-hydrogen) atoms. The number of para-hydroxylation sites is 1. The molecule has 1 aromatic heterocycles. The van der Waals surface area contributed by atoms with E-state index in [1.54, 1.807) is 12.3 Å². The molecule has 1 aliphatic rings. The van der Waals surface area contributed by atoms with Gasteiger partial charge in [0.05, 0.1) is 11.1 Å². The fourth-order valence-corrected chi connectivity index (χ4v) is 2.29. The van der Waals surface area contributed by atoms with Crippen molar-refractivity contribution in [3.05, 3.63) is 42.1 Å². The van der Waals surface area contributed by atoms with E-state index < -0.39 is 0 Å². The molecule has 2 aromatic rings. The molecule has 98 valence electrons. The van der Waals surface area contributed by atoms with Crippen LogP contribution in [-0.2, 0) is 0 Å². The van der Waals surface area contributed by atoms with Crippen molar-refractivity contribution in [1.82, 2.24) is 10.3 Å². The monoisotopic (exact) mass is 255 g/mol. The summed E-state index contributed by atoms with van der Waals surface area (Å²) in [5.41, 5.74) is 7.49. The molecule has 1 heterocycles. The number of nitrogens with one attached hydrogen (secondary N) is 1. The van der Waals surface area contributed by atoms with E-state index in [0.717, 1.165) is 10.9 Å². The van der Waals surface area contributed by atoms with Crippen molar-refractivity contribution in [3.63, 3.8) is 0 Å². The fraction of sp³-hybridized carbons (Fsp3) is 0.333. The summed E-state index contributed by atoms with van der Waals surface area (Å²) in [5, 5.41) is 3.80. The highest BCUT2D eigenvalue weighted by molar-refractivity contribution is 6.05. The van der Waals surface area contributed by atoms with Crippen LogP contribution in [0.5, 0.6) is 0 Å². The summed E-state index contributed by atoms with van der Waals surface area (Å²) in [6, 6.07) is 9.48. The lowest BCUT2D eigenvalue weighted by atomic mass is 10.1. The van der Waals surface area contributed by atoms with Crippen LogP contribution in [0.1, 0.15) is 23.2 Å². The summed E-state index contributed by atoms with van der Waals surface area (Å²) < 4.78 is 0. The van der Waals surface area contributed by atoms with Crippen LogP contribution in [0.4, 0.5) is 0 Å². The van der Waals surface area contributed by atoms with Gasteiger partial charge in [-0.2, -0.15) is 0 Å². The van der Waals surface area contributed by atoms with Gasteiger partial charge < -0.3 is 11.1 Å². The van der Waals surface area contributed by atoms with Crippen molar-refractivity contribution in [2.24, 2.45) is 11.7 Å². The van der Waals surface area contributed by atoms with Crippen LogP contribution in [-0.4, -0.2) is 23.5 Å². The Morgan fingerprint density at radius 1 is 1.37 bits per heavy atom. The van der Waals surface area contributed by atoms with Crippen LogP contribution in [0.2, 0.25) is 0 Å². The summed E-state index contributed by atoms with van der Waals surface area (Å²) in [7, 11) is 0. The second kappa shape index (κ2) is 4.97. The van der Waals surface area contributed by atoms with Crippen LogP contribution in [0.3, 0.4) is 0 Å². The number of amides is 1. The Hall–Kier alpha value is -1.94. The van der Waals surface area contributed by atoms with E-state index in [9.17, 15) is 4.79 Å². The Labute approximate surface area is 112 Å². The normalized spacial score (nSPS) is 16.3. The highest BCUT2D eigenvalue weighted by atomic mass is 16.1. The van der Waals surface area contributed by atoms with Crippen LogP contribution in [0.25, 0.3) is 10.9 Å². The molecule has 1 aromatic carbocycles. The Bertz CT molecular complexity index is 602. The number of carbonyl (C=O) groups is 1. The van der Waals surface area contributed by atoms with Crippen molar-refractivity contribution in [1.29, 1.82) is 0 Å². The summed E-state index contributed by atoms with van der Waals surface area (Å²) >= 11 is 0. The molecule has 0 spiro atoms. The van der Waals surface area contributed by atoms with Crippen LogP contribution < -0.4 is 11.1 Å². The number of hydrogen-bond donors (Lipinski definition) is 2. The average Bonchev–Trinajstić information content (AvgIpc) is 3.28. The van der Waals surface area contributed by atoms with Crippen molar-refractivity contribution in [3.8, 4) is 0 Å². The molecule has 0 saturated heterocycles. The molecule has 1 aliphatic carbocycles. The van der Waals surface area contributed by atoms with Gasteiger partial charge >= 0.3 is 0 Å². The van der Waals surface area contributed by atoms with Gasteiger partial charge in [-0.05, 0) is 30.9 Å². The summed E-state index contributed by atoms with van der Waals surface area (Å²) in [6.07, 6.45) is 4.04. The van der Waals surface area contributed by atoms with Gasteiger partial charge in [0.15, 0.2) is 0 Å². The van der Waals surface area contributed by atoms with Gasteiger partial charge in [0.25, 0.3) is 5.91 Å². The third-order valence-electron chi connectivity index (χ3n) is 3.62. The summed E-state index contributed by atoms with van der Waals surface area (Å²) in [4.78, 5) is 16.5. The van der Waals surface area contributed by atoms with E-state index in [1.807, 2.05) is 24.3 Å². The van der Waals surface area contributed by atoms with E-state index in [1.165, 1.54) is 12.8 Å². The van der Waals surface area contributed by atoms with Crippen molar-refractivity contribution >= 4 is 16.8 Å². The number of nitrogens with zero attached hydrogens (tertiary/aromatic N) is 1. The van der Waals surface area contributed by atoms with Gasteiger partial charge in [-0.3, -0.25) is 9.78 Å². The predicted octanol–water partition coefficient (Wildman–Crippen LogP) is 1.70. The third-order valence-corrected chi connectivity index (χ3v) is 3.62. The van der Waals surface area contributed by atoms with Gasteiger partial charge in [0.2, 0.25) is 0 Å². The first-order valence-corrected chi connectivity index (χ1v) is 6.63. The van der Waals surface area contributed by atoms with Crippen LogP contribution in [0.15, 0.2) is 36.5 Å². The third kappa shape index (κ3) is 2.58. The van der Waals surface area contributed by atoms with Gasteiger partial charge in [0, 0.05) is 24.2 Å². The molecule has 3 rings (SSSR count). The molecule has 4 heteroatoms. The maximum atomic E-state index is 12.2. The minimum Gasteiger partial charge on any atom is -0.350 e. The van der Waals surface area contributed by atoms with Crippen molar-refractivity contribution in [2.75, 3.05) is 6.54 Å². The van der Waals surface area contributed by atoms with E-state index in [0.29, 0.717) is 18.0 Å². The lowest BCUT2D eigenvalue weighted by molar-refractivity contribution is 0.0952. The fourth-order valence-electron chi connectivity index (χ4n) is 2.29. The Kier molecular flexibility index (Phi) is 3.17. The molecule has 0 aliphatic heterocycles. The molecule has 1 fully saturated rings. The predicted molar refractivity (Wildman–Crippen MR) is 74.8 cm³/mol. The first kappa shape index (κ1) is 12.1. The number of rotatable bonds is 4. The summed E-state index contributed by atoms with van der Waals surface area (Å²) in [6.45, 7) is 0.542. The lowest BCUT2D eigenvalue weighted by Gasteiger charge is -2.12. The van der Waals surface area contributed by atoms with Gasteiger partial charge in [-0.15, -0.1) is 0 Å². The summed E-state index contributed by atoms with van der Waals surface area (Å²) in [5.74, 6) is 0.518. The zero-order valence-corrected chi connectivity index (χ0v) is 10.7. The number of hydrogen-bond acceptors (Lipinski definition) is 3. The topological polar surface area (TPSA) is 68.0 Å². The first-order valence-electron chi connectivity index (χ1n) is 6.63. The number of carbonyl (C=O) groups excluding carboxylic acids is 1. The van der Waals surface area contributed by atoms with Gasteiger partial charge in [-0.25, -0.2) is 0 Å². The van der Waals surface area contributed by atoms with Crippen molar-refractivity contribution < 1.29 is 4.79 Å². The molecule has 0 bridgehead atoms. The number of benzene rings is 1. The molecule has 1 unspecified atom stereocenters. The van der Waals surface area contributed by atoms with E-state index in [-0.39, 0.29) is 11.9 Å². The Morgan fingerprint density at radius 3 is 2.95 bits per heavy atom. The van der Waals surface area contributed by atoms with E-state index >= 15 is 0 Å².